The van der Waals surface area contributed by atoms with Gasteiger partial charge in [-0.2, -0.15) is 0 Å². The first-order chi connectivity index (χ1) is 9.74. The van der Waals surface area contributed by atoms with Crippen LogP contribution in [-0.2, 0) is 0 Å². The Morgan fingerprint density at radius 2 is 2.25 bits per heavy atom. The van der Waals surface area contributed by atoms with Crippen LogP contribution in [0.3, 0.4) is 0 Å². The van der Waals surface area contributed by atoms with Gasteiger partial charge in [0.25, 0.3) is 5.91 Å². The van der Waals surface area contributed by atoms with Crippen molar-refractivity contribution < 1.29 is 4.79 Å². The first-order valence-electron chi connectivity index (χ1n) is 6.71. The van der Waals surface area contributed by atoms with E-state index in [1.165, 1.54) is 11.1 Å². The van der Waals surface area contributed by atoms with Crippen molar-refractivity contribution in [2.75, 3.05) is 13.1 Å². The highest BCUT2D eigenvalue weighted by Crippen LogP contribution is 2.30. The maximum absolute atomic E-state index is 12.4. The van der Waals surface area contributed by atoms with Gasteiger partial charge in [-0.3, -0.25) is 9.78 Å². The van der Waals surface area contributed by atoms with Crippen molar-refractivity contribution in [1.29, 1.82) is 0 Å². The van der Waals surface area contributed by atoms with E-state index in [4.69, 9.17) is 0 Å². The number of hydrogen-bond donors (Lipinski definition) is 0. The second-order valence-corrected chi connectivity index (χ2v) is 6.26. The topological polar surface area (TPSA) is 59.0 Å². The van der Waals surface area contributed by atoms with Crippen LogP contribution in [0.5, 0.6) is 0 Å². The van der Waals surface area contributed by atoms with E-state index >= 15 is 0 Å². The predicted octanol–water partition coefficient (Wildman–Crippen LogP) is 2.26. The first-order valence-corrected chi connectivity index (χ1v) is 7.53. The second-order valence-electron chi connectivity index (χ2n) is 4.99. The molecule has 0 unspecified atom stereocenters. The van der Waals surface area contributed by atoms with Gasteiger partial charge >= 0.3 is 0 Å². The van der Waals surface area contributed by atoms with Crippen LogP contribution in [0.1, 0.15) is 39.1 Å². The van der Waals surface area contributed by atoms with Gasteiger partial charge < -0.3 is 4.90 Å². The van der Waals surface area contributed by atoms with Crippen LogP contribution >= 0.6 is 11.3 Å². The van der Waals surface area contributed by atoms with Gasteiger partial charge in [0.05, 0.1) is 11.2 Å². The molecule has 0 N–H and O–H groups in total. The van der Waals surface area contributed by atoms with Gasteiger partial charge in [0.15, 0.2) is 0 Å². The molecule has 3 rings (SSSR count). The number of aromatic nitrogens is 3. The molecule has 1 saturated heterocycles. The van der Waals surface area contributed by atoms with Crippen LogP contribution in [0, 0.1) is 6.92 Å². The average molecular weight is 288 g/mol. The Balaban J connectivity index is 1.74. The molecule has 1 aliphatic rings. The van der Waals surface area contributed by atoms with Crippen molar-refractivity contribution in [2.24, 2.45) is 0 Å². The molecule has 6 heteroatoms. The van der Waals surface area contributed by atoms with E-state index in [9.17, 15) is 4.79 Å². The largest absolute Gasteiger partial charge is 0.337 e. The monoisotopic (exact) mass is 288 g/mol. The predicted molar refractivity (Wildman–Crippen MR) is 76.8 cm³/mol. The number of carbonyl (C=O) groups excluding carboxylic acids is 1. The molecular formula is C14H16N4OS. The van der Waals surface area contributed by atoms with Gasteiger partial charge in [-0.05, 0) is 19.8 Å². The van der Waals surface area contributed by atoms with Crippen molar-refractivity contribution in [2.45, 2.75) is 25.7 Å². The number of thiazole rings is 1. The fourth-order valence-corrected chi connectivity index (χ4v) is 3.40. The third-order valence-electron chi connectivity index (χ3n) is 3.48. The molecule has 0 saturated carbocycles. The minimum absolute atomic E-state index is 0.0314. The third-order valence-corrected chi connectivity index (χ3v) is 4.55. The zero-order valence-electron chi connectivity index (χ0n) is 11.3. The fourth-order valence-electron chi connectivity index (χ4n) is 2.50. The number of amides is 1. The van der Waals surface area contributed by atoms with E-state index in [0.717, 1.165) is 30.9 Å². The molecule has 5 nitrogen and oxygen atoms in total. The van der Waals surface area contributed by atoms with Crippen LogP contribution in [0.25, 0.3) is 0 Å². The number of hydrogen-bond acceptors (Lipinski definition) is 5. The van der Waals surface area contributed by atoms with Crippen molar-refractivity contribution in [1.82, 2.24) is 19.9 Å². The van der Waals surface area contributed by atoms with Crippen molar-refractivity contribution >= 4 is 17.2 Å². The summed E-state index contributed by atoms with van der Waals surface area (Å²) in [6.45, 7) is 3.57. The maximum atomic E-state index is 12.4. The molecule has 0 radical (unpaired) electrons. The van der Waals surface area contributed by atoms with Crippen LogP contribution in [0.4, 0.5) is 0 Å². The van der Waals surface area contributed by atoms with Crippen molar-refractivity contribution in [3.63, 3.8) is 0 Å². The third kappa shape index (κ3) is 2.70. The molecule has 0 spiro atoms. The standard InChI is InChI=1S/C14H16N4OS/c1-10-7-17-13(20-10)11-3-2-6-18(9-11)14(19)12-8-15-4-5-16-12/h4-5,7-8,11H,2-3,6,9H2,1H3/t11-/m0/s1. The molecule has 1 fully saturated rings. The van der Waals surface area contributed by atoms with Crippen LogP contribution in [0.2, 0.25) is 0 Å². The molecule has 1 atom stereocenters. The fraction of sp³-hybridized carbons (Fsp3) is 0.429. The van der Waals surface area contributed by atoms with Gasteiger partial charge in [0.2, 0.25) is 0 Å². The molecule has 104 valence electrons. The number of rotatable bonds is 2. The lowest BCUT2D eigenvalue weighted by molar-refractivity contribution is 0.0700. The number of carbonyl (C=O) groups is 1. The van der Waals surface area contributed by atoms with E-state index in [1.54, 1.807) is 23.7 Å². The quantitative estimate of drug-likeness (QED) is 0.850. The number of likely N-dealkylation sites (tertiary alicyclic amines) is 1. The summed E-state index contributed by atoms with van der Waals surface area (Å²) in [5, 5.41) is 1.14. The maximum Gasteiger partial charge on any atom is 0.274 e. The summed E-state index contributed by atoms with van der Waals surface area (Å²) in [4.78, 5) is 28.0. The number of nitrogens with zero attached hydrogens (tertiary/aromatic N) is 4. The van der Waals surface area contributed by atoms with E-state index in [2.05, 4.69) is 21.9 Å². The highest BCUT2D eigenvalue weighted by atomic mass is 32.1. The van der Waals surface area contributed by atoms with Gasteiger partial charge in [-0.15, -0.1) is 11.3 Å². The van der Waals surface area contributed by atoms with E-state index in [1.807, 2.05) is 11.1 Å². The van der Waals surface area contributed by atoms with E-state index in [-0.39, 0.29) is 5.91 Å². The summed E-state index contributed by atoms with van der Waals surface area (Å²) in [7, 11) is 0. The molecule has 0 aromatic carbocycles. The summed E-state index contributed by atoms with van der Waals surface area (Å²) in [5.41, 5.74) is 0.420. The van der Waals surface area contributed by atoms with Crippen molar-refractivity contribution in [3.05, 3.63) is 40.4 Å². The van der Waals surface area contributed by atoms with E-state index < -0.39 is 0 Å². The Kier molecular flexibility index (Phi) is 3.73. The number of aryl methyl sites for hydroxylation is 1. The molecule has 1 amide bonds. The summed E-state index contributed by atoms with van der Waals surface area (Å²) in [6, 6.07) is 0. The molecule has 1 aliphatic heterocycles. The summed E-state index contributed by atoms with van der Waals surface area (Å²) >= 11 is 1.73. The normalized spacial score (nSPS) is 19.1. The SMILES string of the molecule is Cc1cnc([C@H]2CCCN(C(=O)c3cnccn3)C2)s1. The number of piperidine rings is 1. The molecule has 2 aromatic heterocycles. The van der Waals surface area contributed by atoms with Gasteiger partial charge in [0, 0.05) is 42.5 Å². The second kappa shape index (κ2) is 5.66. The highest BCUT2D eigenvalue weighted by molar-refractivity contribution is 7.11. The zero-order chi connectivity index (χ0) is 13.9. The molecule has 0 bridgehead atoms. The van der Waals surface area contributed by atoms with E-state index in [0.29, 0.717) is 11.6 Å². The van der Waals surface area contributed by atoms with Crippen molar-refractivity contribution in [3.8, 4) is 0 Å². The lowest BCUT2D eigenvalue weighted by atomic mass is 9.98. The summed E-state index contributed by atoms with van der Waals surface area (Å²) < 4.78 is 0. The molecule has 2 aromatic rings. The first kappa shape index (κ1) is 13.2. The summed E-state index contributed by atoms with van der Waals surface area (Å²) in [5.74, 6) is 0.319. The van der Waals surface area contributed by atoms with Crippen LogP contribution < -0.4 is 0 Å². The average Bonchev–Trinajstić information content (AvgIpc) is 2.94. The van der Waals surface area contributed by atoms with Gasteiger partial charge in [-0.1, -0.05) is 0 Å². The Hall–Kier alpha value is -1.82. The Morgan fingerprint density at radius 1 is 1.35 bits per heavy atom. The van der Waals surface area contributed by atoms with Gasteiger partial charge in [0.1, 0.15) is 5.69 Å². The molecular weight excluding hydrogens is 272 g/mol. The minimum atomic E-state index is -0.0314. The summed E-state index contributed by atoms with van der Waals surface area (Å²) in [6.07, 6.45) is 8.67. The lowest BCUT2D eigenvalue weighted by Crippen LogP contribution is -2.39. The lowest BCUT2D eigenvalue weighted by Gasteiger charge is -2.31. The smallest absolute Gasteiger partial charge is 0.274 e. The Morgan fingerprint density at radius 3 is 2.95 bits per heavy atom. The molecule has 0 aliphatic carbocycles. The molecule has 20 heavy (non-hydrogen) atoms. The van der Waals surface area contributed by atoms with Crippen LogP contribution in [0.15, 0.2) is 24.8 Å². The highest BCUT2D eigenvalue weighted by Gasteiger charge is 2.27. The molecule has 3 heterocycles. The Labute approximate surface area is 121 Å². The Bertz CT molecular complexity index is 598. The minimum Gasteiger partial charge on any atom is -0.337 e. The zero-order valence-corrected chi connectivity index (χ0v) is 12.1. The van der Waals surface area contributed by atoms with Gasteiger partial charge in [-0.25, -0.2) is 9.97 Å². The van der Waals surface area contributed by atoms with Crippen LogP contribution in [-0.4, -0.2) is 38.8 Å².